The topological polar surface area (TPSA) is 131 Å². The fourth-order valence-corrected chi connectivity index (χ4v) is 3.98. The normalized spacial score (nSPS) is 14.0. The van der Waals surface area contributed by atoms with Crippen LogP contribution in [0.2, 0.25) is 5.15 Å². The molecule has 1 amide bonds. The average Bonchev–Trinajstić information content (AvgIpc) is 2.71. The maximum atomic E-state index is 12.2. The van der Waals surface area contributed by atoms with Gasteiger partial charge in [0.05, 0.1) is 11.2 Å². The Labute approximate surface area is 183 Å². The van der Waals surface area contributed by atoms with Crippen molar-refractivity contribution < 1.29 is 17.9 Å². The highest BCUT2D eigenvalue weighted by molar-refractivity contribution is 7.90. The molecular formula is C19H19ClN6O4S. The Morgan fingerprint density at radius 1 is 1.26 bits per heavy atom. The van der Waals surface area contributed by atoms with Crippen LogP contribution in [0.5, 0.6) is 5.75 Å². The highest BCUT2D eigenvalue weighted by Gasteiger charge is 2.28. The van der Waals surface area contributed by atoms with Crippen molar-refractivity contribution in [3.05, 3.63) is 35.6 Å². The Balaban J connectivity index is 1.84. The quantitative estimate of drug-likeness (QED) is 0.567. The second kappa shape index (κ2) is 7.52. The van der Waals surface area contributed by atoms with Gasteiger partial charge in [-0.25, -0.2) is 9.97 Å². The van der Waals surface area contributed by atoms with Gasteiger partial charge in [-0.3, -0.25) is 9.52 Å². The first-order valence-corrected chi connectivity index (χ1v) is 10.9. The summed E-state index contributed by atoms with van der Waals surface area (Å²) in [6.45, 7) is -0.106. The molecule has 0 unspecified atom stereocenters. The minimum atomic E-state index is -3.76. The molecule has 2 aromatic heterocycles. The number of nitrogens with one attached hydrogen (secondary N) is 1. The Morgan fingerprint density at radius 2 is 2.00 bits per heavy atom. The van der Waals surface area contributed by atoms with Gasteiger partial charge in [-0.1, -0.05) is 17.7 Å². The van der Waals surface area contributed by atoms with Crippen LogP contribution in [0, 0.1) is 0 Å². The summed E-state index contributed by atoms with van der Waals surface area (Å²) in [7, 11) is 0.663. The van der Waals surface area contributed by atoms with Crippen LogP contribution in [0.4, 0.5) is 17.2 Å². The number of aromatic nitrogens is 2. The fourth-order valence-electron chi connectivity index (χ4n) is 3.16. The standard InChI is InChI=1S/C19H19ClN6O4S/c1-25(2)31(28,29)24-14-7-11(8-22-18(14)20)10-4-5-13-12(6-10)17-16(19(21)23-13)26(3)15(27)9-30-17/h4-8,24H,9H2,1-3H3,(H2,21,23). The zero-order valence-electron chi connectivity index (χ0n) is 16.9. The number of fused-ring (bicyclic) bond motifs is 3. The van der Waals surface area contributed by atoms with Gasteiger partial charge in [-0.2, -0.15) is 12.7 Å². The third-order valence-corrected chi connectivity index (χ3v) is 6.62. The molecule has 162 valence electrons. The lowest BCUT2D eigenvalue weighted by Crippen LogP contribution is -2.36. The molecule has 0 fully saturated rings. The average molecular weight is 463 g/mol. The number of hydrogen-bond donors (Lipinski definition) is 2. The lowest BCUT2D eigenvalue weighted by Gasteiger charge is -2.27. The molecule has 1 aliphatic rings. The first-order valence-electron chi connectivity index (χ1n) is 9.07. The lowest BCUT2D eigenvalue weighted by atomic mass is 10.0. The van der Waals surface area contributed by atoms with E-state index in [0.717, 1.165) is 9.87 Å². The summed E-state index contributed by atoms with van der Waals surface area (Å²) in [6, 6.07) is 6.97. The van der Waals surface area contributed by atoms with Crippen LogP contribution in [0.3, 0.4) is 0 Å². The molecule has 12 heteroatoms. The van der Waals surface area contributed by atoms with Gasteiger partial charge in [0.2, 0.25) is 0 Å². The Kier molecular flexibility index (Phi) is 5.12. The molecule has 3 N–H and O–H groups in total. The summed E-state index contributed by atoms with van der Waals surface area (Å²) in [5, 5.41) is 0.677. The maximum Gasteiger partial charge on any atom is 0.301 e. The summed E-state index contributed by atoms with van der Waals surface area (Å²) < 4.78 is 33.5. The second-order valence-corrected chi connectivity index (χ2v) is 9.34. The van der Waals surface area contributed by atoms with E-state index in [1.165, 1.54) is 25.2 Å². The van der Waals surface area contributed by atoms with Gasteiger partial charge in [0.25, 0.3) is 5.91 Å². The van der Waals surface area contributed by atoms with Gasteiger partial charge in [0.1, 0.15) is 5.69 Å². The van der Waals surface area contributed by atoms with E-state index >= 15 is 0 Å². The molecule has 4 rings (SSSR count). The second-order valence-electron chi connectivity index (χ2n) is 7.10. The molecule has 3 aromatic rings. The van der Waals surface area contributed by atoms with Crippen molar-refractivity contribution in [3.63, 3.8) is 0 Å². The van der Waals surface area contributed by atoms with E-state index < -0.39 is 10.2 Å². The molecule has 0 saturated carbocycles. The van der Waals surface area contributed by atoms with Crippen LogP contribution in [-0.2, 0) is 15.0 Å². The van der Waals surface area contributed by atoms with Gasteiger partial charge in [-0.15, -0.1) is 0 Å². The minimum Gasteiger partial charge on any atom is -0.481 e. The number of rotatable bonds is 4. The number of nitrogens with two attached hydrogens (primary N) is 1. The number of hydrogen-bond acceptors (Lipinski definition) is 7. The molecule has 0 bridgehead atoms. The van der Waals surface area contributed by atoms with Gasteiger partial charge in [0, 0.05) is 38.3 Å². The monoisotopic (exact) mass is 462 g/mol. The zero-order valence-corrected chi connectivity index (χ0v) is 18.5. The third kappa shape index (κ3) is 3.71. The number of anilines is 3. The van der Waals surface area contributed by atoms with E-state index in [0.29, 0.717) is 27.9 Å². The summed E-state index contributed by atoms with van der Waals surface area (Å²) in [6.07, 6.45) is 1.53. The number of benzene rings is 1. The number of nitrogens with zero attached hydrogens (tertiary/aromatic N) is 4. The number of carbonyl (C=O) groups excluding carboxylic acids is 1. The molecule has 1 aromatic carbocycles. The van der Waals surface area contributed by atoms with Crippen molar-refractivity contribution in [2.75, 3.05) is 43.1 Å². The van der Waals surface area contributed by atoms with Crippen molar-refractivity contribution in [2.45, 2.75) is 0 Å². The highest BCUT2D eigenvalue weighted by atomic mass is 35.5. The van der Waals surface area contributed by atoms with E-state index in [2.05, 4.69) is 14.7 Å². The van der Waals surface area contributed by atoms with E-state index in [9.17, 15) is 13.2 Å². The van der Waals surface area contributed by atoms with Crippen molar-refractivity contribution in [1.29, 1.82) is 0 Å². The van der Waals surface area contributed by atoms with Gasteiger partial charge >= 0.3 is 10.2 Å². The molecule has 0 radical (unpaired) electrons. The minimum absolute atomic E-state index is 0.0188. The number of likely N-dealkylation sites (N-methyl/N-ethyl adjacent to an activating group) is 1. The summed E-state index contributed by atoms with van der Waals surface area (Å²) in [4.78, 5) is 21.9. The van der Waals surface area contributed by atoms with Crippen molar-refractivity contribution >= 4 is 55.8 Å². The molecule has 0 atom stereocenters. The van der Waals surface area contributed by atoms with Crippen LogP contribution in [0.15, 0.2) is 30.5 Å². The van der Waals surface area contributed by atoms with Crippen LogP contribution in [-0.4, -0.2) is 56.3 Å². The Morgan fingerprint density at radius 3 is 2.71 bits per heavy atom. The molecule has 0 saturated heterocycles. The van der Waals surface area contributed by atoms with Crippen molar-refractivity contribution in [2.24, 2.45) is 0 Å². The van der Waals surface area contributed by atoms with Gasteiger partial charge in [-0.05, 0) is 23.8 Å². The van der Waals surface area contributed by atoms with Gasteiger partial charge < -0.3 is 15.4 Å². The number of amides is 1. The van der Waals surface area contributed by atoms with E-state index in [-0.39, 0.29) is 29.2 Å². The van der Waals surface area contributed by atoms with Crippen LogP contribution >= 0.6 is 11.6 Å². The third-order valence-electron chi connectivity index (χ3n) is 4.88. The lowest BCUT2D eigenvalue weighted by molar-refractivity contribution is -0.120. The zero-order chi connectivity index (χ0) is 22.5. The Bertz CT molecular complexity index is 1330. The first kappa shape index (κ1) is 21.1. The molecule has 31 heavy (non-hydrogen) atoms. The first-order chi connectivity index (χ1) is 14.6. The van der Waals surface area contributed by atoms with Crippen LogP contribution < -0.4 is 20.1 Å². The number of nitrogen functional groups attached to an aromatic ring is 1. The number of halogens is 1. The van der Waals surface area contributed by atoms with E-state index in [1.54, 1.807) is 25.2 Å². The van der Waals surface area contributed by atoms with Crippen molar-refractivity contribution in [3.8, 4) is 16.9 Å². The predicted octanol–water partition coefficient (Wildman–Crippen LogP) is 2.11. The smallest absolute Gasteiger partial charge is 0.301 e. The van der Waals surface area contributed by atoms with E-state index in [1.807, 2.05) is 6.07 Å². The molecule has 3 heterocycles. The Hall–Kier alpha value is -3.15. The summed E-state index contributed by atoms with van der Waals surface area (Å²) >= 11 is 6.09. The molecule has 0 aliphatic carbocycles. The predicted molar refractivity (Wildman–Crippen MR) is 120 cm³/mol. The molecule has 0 spiro atoms. The highest BCUT2D eigenvalue weighted by Crippen LogP contribution is 2.42. The molecule has 1 aliphatic heterocycles. The van der Waals surface area contributed by atoms with Crippen molar-refractivity contribution in [1.82, 2.24) is 14.3 Å². The maximum absolute atomic E-state index is 12.2. The van der Waals surface area contributed by atoms with E-state index in [4.69, 9.17) is 22.1 Å². The fraction of sp³-hybridized carbons (Fsp3) is 0.211. The largest absolute Gasteiger partial charge is 0.481 e. The SMILES string of the molecule is CN1C(=O)COc2c1c(N)nc1ccc(-c3cnc(Cl)c(NS(=O)(=O)N(C)C)c3)cc21. The summed E-state index contributed by atoms with van der Waals surface area (Å²) in [5.74, 6) is 0.428. The number of ether oxygens (including phenoxy) is 1. The van der Waals surface area contributed by atoms with Crippen LogP contribution in [0.25, 0.3) is 22.0 Å². The number of pyridine rings is 2. The number of carbonyl (C=O) groups is 1. The summed E-state index contributed by atoms with van der Waals surface area (Å²) in [5.41, 5.74) is 8.54. The van der Waals surface area contributed by atoms with Gasteiger partial charge in [0.15, 0.2) is 23.3 Å². The van der Waals surface area contributed by atoms with Crippen LogP contribution in [0.1, 0.15) is 0 Å². The molecular weight excluding hydrogens is 444 g/mol. The molecule has 10 nitrogen and oxygen atoms in total.